The highest BCUT2D eigenvalue weighted by Crippen LogP contribution is 2.58. The van der Waals surface area contributed by atoms with E-state index in [0.717, 1.165) is 51.6 Å². The molecule has 0 unspecified atom stereocenters. The van der Waals surface area contributed by atoms with Gasteiger partial charge in [-0.25, -0.2) is 0 Å². The molecule has 0 atom stereocenters. The third kappa shape index (κ3) is 5.76. The number of hydrogen-bond donors (Lipinski definition) is 0. The zero-order chi connectivity index (χ0) is 20.9. The van der Waals surface area contributed by atoms with Crippen LogP contribution in [-0.4, -0.2) is 18.5 Å². The topological polar surface area (TPSA) is 27.0 Å². The molecule has 2 saturated carbocycles. The first-order valence-electron chi connectivity index (χ1n) is 10.5. The van der Waals surface area contributed by atoms with E-state index < -0.39 is 0 Å². The maximum Gasteiger partial charge on any atom is 0.0699 e. The molecular formula is C25H30Cl2N2. The molecule has 0 aliphatic heterocycles. The summed E-state index contributed by atoms with van der Waals surface area (Å²) in [7, 11) is 2.20. The first kappa shape index (κ1) is 22.2. The molecule has 0 radical (unpaired) electrons. The summed E-state index contributed by atoms with van der Waals surface area (Å²) >= 11 is 13.6. The molecule has 0 bridgehead atoms. The van der Waals surface area contributed by atoms with Gasteiger partial charge in [0, 0.05) is 13.5 Å². The van der Waals surface area contributed by atoms with E-state index in [-0.39, 0.29) is 9.75 Å². The molecule has 2 aromatic rings. The van der Waals surface area contributed by atoms with Crippen molar-refractivity contribution in [1.82, 2.24) is 4.90 Å². The van der Waals surface area contributed by atoms with E-state index >= 15 is 0 Å². The van der Waals surface area contributed by atoms with E-state index in [4.69, 9.17) is 28.5 Å². The number of nitriles is 1. The van der Waals surface area contributed by atoms with Gasteiger partial charge in [0.2, 0.25) is 0 Å². The third-order valence-corrected chi connectivity index (χ3v) is 6.94. The molecule has 0 aromatic heterocycles. The van der Waals surface area contributed by atoms with Gasteiger partial charge in [-0.1, -0.05) is 48.5 Å². The van der Waals surface area contributed by atoms with Gasteiger partial charge in [0.15, 0.2) is 0 Å². The number of hydrogen-bond acceptors (Lipinski definition) is 2. The molecule has 0 heterocycles. The Hall–Kier alpha value is -1.53. The Morgan fingerprint density at radius 3 is 1.93 bits per heavy atom. The summed E-state index contributed by atoms with van der Waals surface area (Å²) in [4.78, 5) is 2.16. The summed E-state index contributed by atoms with van der Waals surface area (Å²) in [6, 6.07) is 19.0. The summed E-state index contributed by atoms with van der Waals surface area (Å²) in [5.41, 5.74) is 5.48. The molecule has 154 valence electrons. The fourth-order valence-corrected chi connectivity index (χ4v) is 4.50. The standard InChI is InChI=1S/C23H27Cl2N.C2H3N/c1-26(17-18-7-3-2-4-8-18)16-6-9-19-20(22(24)12-13-22)10-5-11-21(19)23(25)14-15-23;1-2-3/h2-5,7-8,10-11H,6,9,12-17H2,1H3;1H3. The zero-order valence-electron chi connectivity index (χ0n) is 17.4. The fourth-order valence-electron chi connectivity index (χ4n) is 3.95. The highest BCUT2D eigenvalue weighted by Gasteiger charge is 2.48. The van der Waals surface area contributed by atoms with Crippen molar-refractivity contribution in [3.8, 4) is 6.07 Å². The van der Waals surface area contributed by atoms with Gasteiger partial charge in [-0.3, -0.25) is 0 Å². The molecule has 2 aromatic carbocycles. The Balaban J connectivity index is 0.000000755. The van der Waals surface area contributed by atoms with Crippen molar-refractivity contribution in [3.05, 3.63) is 70.8 Å². The second-order valence-electron chi connectivity index (χ2n) is 8.31. The van der Waals surface area contributed by atoms with Crippen LogP contribution in [-0.2, 0) is 22.7 Å². The molecule has 2 nitrogen and oxygen atoms in total. The lowest BCUT2D eigenvalue weighted by atomic mass is 9.91. The van der Waals surface area contributed by atoms with Gasteiger partial charge in [-0.15, -0.1) is 23.2 Å². The second kappa shape index (κ2) is 9.52. The van der Waals surface area contributed by atoms with E-state index in [2.05, 4.69) is 60.5 Å². The molecule has 4 rings (SSSR count). The van der Waals surface area contributed by atoms with Crippen LogP contribution in [0.2, 0.25) is 0 Å². The van der Waals surface area contributed by atoms with Crippen LogP contribution in [0.15, 0.2) is 48.5 Å². The van der Waals surface area contributed by atoms with Crippen LogP contribution in [0, 0.1) is 11.3 Å². The summed E-state index contributed by atoms with van der Waals surface area (Å²) < 4.78 is 0. The van der Waals surface area contributed by atoms with Crippen molar-refractivity contribution in [1.29, 1.82) is 5.26 Å². The van der Waals surface area contributed by atoms with Crippen LogP contribution in [0.4, 0.5) is 0 Å². The van der Waals surface area contributed by atoms with Crippen LogP contribution < -0.4 is 0 Å². The van der Waals surface area contributed by atoms with Crippen molar-refractivity contribution in [3.63, 3.8) is 0 Å². The van der Waals surface area contributed by atoms with Crippen LogP contribution in [0.3, 0.4) is 0 Å². The quantitative estimate of drug-likeness (QED) is 0.435. The second-order valence-corrected chi connectivity index (χ2v) is 9.76. The predicted octanol–water partition coefficient (Wildman–Crippen LogP) is 6.74. The SMILES string of the molecule is CC#N.CN(CCCc1c(C2(Cl)CC2)cccc1C1(Cl)CC1)Cc1ccccc1. The molecule has 2 fully saturated rings. The molecule has 0 saturated heterocycles. The Morgan fingerprint density at radius 1 is 0.931 bits per heavy atom. The minimum Gasteiger partial charge on any atom is -0.302 e. The third-order valence-electron chi connectivity index (χ3n) is 5.78. The predicted molar refractivity (Wildman–Crippen MR) is 122 cm³/mol. The van der Waals surface area contributed by atoms with Gasteiger partial charge in [-0.05, 0) is 74.4 Å². The molecule has 0 amide bonds. The lowest BCUT2D eigenvalue weighted by Gasteiger charge is -2.22. The largest absolute Gasteiger partial charge is 0.302 e. The number of alkyl halides is 2. The monoisotopic (exact) mass is 428 g/mol. The van der Waals surface area contributed by atoms with Gasteiger partial charge in [0.1, 0.15) is 0 Å². The minimum atomic E-state index is -0.122. The van der Waals surface area contributed by atoms with E-state index in [1.54, 1.807) is 6.07 Å². The average Bonchev–Trinajstić information content (AvgIpc) is 3.63. The smallest absolute Gasteiger partial charge is 0.0699 e. The number of rotatable bonds is 8. The first-order valence-corrected chi connectivity index (χ1v) is 11.2. The van der Waals surface area contributed by atoms with Gasteiger partial charge >= 0.3 is 0 Å². The summed E-state index contributed by atoms with van der Waals surface area (Å²) in [6.07, 6.45) is 6.56. The maximum atomic E-state index is 7.32. The van der Waals surface area contributed by atoms with Gasteiger partial charge in [-0.2, -0.15) is 5.26 Å². The van der Waals surface area contributed by atoms with Crippen molar-refractivity contribution >= 4 is 23.2 Å². The average molecular weight is 429 g/mol. The Morgan fingerprint density at radius 2 is 1.45 bits per heavy atom. The van der Waals surface area contributed by atoms with Gasteiger partial charge in [0.05, 0.1) is 15.8 Å². The molecule has 29 heavy (non-hydrogen) atoms. The normalized spacial score (nSPS) is 17.8. The van der Waals surface area contributed by atoms with Crippen molar-refractivity contribution < 1.29 is 0 Å². The summed E-state index contributed by atoms with van der Waals surface area (Å²) in [5.74, 6) is 0. The van der Waals surface area contributed by atoms with Crippen LogP contribution >= 0.6 is 23.2 Å². The molecule has 4 heteroatoms. The Labute approximate surface area is 185 Å². The lowest BCUT2D eigenvalue weighted by molar-refractivity contribution is 0.322. The fraction of sp³-hybridized carbons (Fsp3) is 0.480. The van der Waals surface area contributed by atoms with E-state index in [0.29, 0.717) is 0 Å². The lowest BCUT2D eigenvalue weighted by Crippen LogP contribution is -2.20. The van der Waals surface area contributed by atoms with Crippen LogP contribution in [0.25, 0.3) is 0 Å². The number of benzene rings is 2. The van der Waals surface area contributed by atoms with Crippen LogP contribution in [0.1, 0.15) is 61.3 Å². The first-order chi connectivity index (χ1) is 13.9. The molecule has 2 aliphatic carbocycles. The molecule has 2 aliphatic rings. The molecule has 0 spiro atoms. The number of nitrogens with zero attached hydrogens (tertiary/aromatic N) is 2. The minimum absolute atomic E-state index is 0.122. The van der Waals surface area contributed by atoms with E-state index in [1.165, 1.54) is 29.2 Å². The van der Waals surface area contributed by atoms with Crippen molar-refractivity contribution in [2.45, 2.75) is 61.7 Å². The summed E-state index contributed by atoms with van der Waals surface area (Å²) in [6.45, 7) is 3.50. The van der Waals surface area contributed by atoms with E-state index in [9.17, 15) is 0 Å². The maximum absolute atomic E-state index is 7.32. The molecule has 0 N–H and O–H groups in total. The zero-order valence-corrected chi connectivity index (χ0v) is 18.9. The van der Waals surface area contributed by atoms with Crippen molar-refractivity contribution in [2.75, 3.05) is 13.6 Å². The van der Waals surface area contributed by atoms with Gasteiger partial charge in [0.25, 0.3) is 0 Å². The Kier molecular flexibility index (Phi) is 7.28. The van der Waals surface area contributed by atoms with Crippen LogP contribution in [0.5, 0.6) is 0 Å². The highest BCUT2D eigenvalue weighted by molar-refractivity contribution is 6.27. The van der Waals surface area contributed by atoms with E-state index in [1.807, 2.05) is 0 Å². The van der Waals surface area contributed by atoms with Crippen molar-refractivity contribution in [2.24, 2.45) is 0 Å². The number of halogens is 2. The highest BCUT2D eigenvalue weighted by atomic mass is 35.5. The summed E-state index contributed by atoms with van der Waals surface area (Å²) in [5, 5.41) is 7.32. The van der Waals surface area contributed by atoms with Gasteiger partial charge < -0.3 is 4.90 Å². The Bertz CT molecular complexity index is 813. The molecular weight excluding hydrogens is 399 g/mol.